The third kappa shape index (κ3) is 1.30. The fraction of sp³-hybridized carbons (Fsp3) is 0. The Labute approximate surface area is 56.9 Å². The van der Waals surface area contributed by atoms with Crippen LogP contribution in [0.25, 0.3) is 0 Å². The fourth-order valence-electron chi connectivity index (χ4n) is 0.348. The van der Waals surface area contributed by atoms with Gasteiger partial charge in [0.1, 0.15) is 7.85 Å². The summed E-state index contributed by atoms with van der Waals surface area (Å²) < 4.78 is 0.525. The monoisotopic (exact) mass is 168 g/mol. The number of halogens is 1. The van der Waals surface area contributed by atoms with Gasteiger partial charge in [-0.1, -0.05) is 0 Å². The van der Waals surface area contributed by atoms with Gasteiger partial charge in [0.15, 0.2) is 4.73 Å². The van der Waals surface area contributed by atoms with Gasteiger partial charge < -0.3 is 0 Å². The molecule has 8 heavy (non-hydrogen) atoms. The van der Waals surface area contributed by atoms with Gasteiger partial charge >= 0.3 is 0 Å². The zero-order valence-electron chi connectivity index (χ0n) is 4.00. The molecule has 2 radical (unpaired) electrons. The van der Waals surface area contributed by atoms with E-state index in [0.717, 1.165) is 0 Å². The average Bonchev–Trinajstić information content (AvgIpc) is 1.64. The number of aromatic nitrogens is 2. The van der Waals surface area contributed by atoms with E-state index in [0.29, 0.717) is 10.3 Å². The van der Waals surface area contributed by atoms with E-state index in [-0.39, 0.29) is 0 Å². The second-order valence-corrected chi connectivity index (χ2v) is 1.96. The van der Waals surface area contributed by atoms with Crippen molar-refractivity contribution >= 4 is 29.4 Å². The van der Waals surface area contributed by atoms with Gasteiger partial charge in [-0.2, -0.15) is 0 Å². The Morgan fingerprint density at radius 2 is 2.38 bits per heavy atom. The number of hydrogen-bond donors (Lipinski definition) is 0. The normalized spacial score (nSPS) is 9.12. The van der Waals surface area contributed by atoms with Crippen molar-refractivity contribution in [2.24, 2.45) is 0 Å². The summed E-state index contributed by atoms with van der Waals surface area (Å²) in [7, 11) is 5.28. The molecule has 1 heterocycles. The lowest BCUT2D eigenvalue weighted by atomic mass is 10.1. The van der Waals surface area contributed by atoms with Gasteiger partial charge in [-0.15, -0.1) is 0 Å². The molecule has 0 aliphatic heterocycles. The largest absolute Gasteiger partial charge is 0.239 e. The van der Waals surface area contributed by atoms with Crippen molar-refractivity contribution in [3.05, 3.63) is 17.0 Å². The summed E-state index contributed by atoms with van der Waals surface area (Å²) >= 11 is 3.06. The SMILES string of the molecule is [B]c1ccnc(Br)n1. The minimum atomic E-state index is 0.479. The molecule has 0 amide bonds. The highest BCUT2D eigenvalue weighted by Crippen LogP contribution is 1.93. The predicted octanol–water partition coefficient (Wildman–Crippen LogP) is 0.0329. The highest BCUT2D eigenvalue weighted by molar-refractivity contribution is 9.10. The van der Waals surface area contributed by atoms with Crippen LogP contribution in [0.5, 0.6) is 0 Å². The van der Waals surface area contributed by atoms with E-state index in [1.165, 1.54) is 0 Å². The molecule has 38 valence electrons. The molecular weight excluding hydrogens is 167 g/mol. The van der Waals surface area contributed by atoms with Crippen molar-refractivity contribution < 1.29 is 0 Å². The van der Waals surface area contributed by atoms with Crippen molar-refractivity contribution in [2.75, 3.05) is 0 Å². The predicted molar refractivity (Wildman–Crippen MR) is 35.1 cm³/mol. The molecule has 1 aromatic rings. The molecule has 0 saturated carbocycles. The first-order valence-electron chi connectivity index (χ1n) is 2.03. The Bertz CT molecular complexity index is 174. The van der Waals surface area contributed by atoms with Gasteiger partial charge in [-0.05, 0) is 27.6 Å². The number of rotatable bonds is 0. The van der Waals surface area contributed by atoms with E-state index in [1.54, 1.807) is 12.3 Å². The third-order valence-electron chi connectivity index (χ3n) is 0.648. The van der Waals surface area contributed by atoms with Crippen LogP contribution in [0.4, 0.5) is 0 Å². The van der Waals surface area contributed by atoms with E-state index in [4.69, 9.17) is 7.85 Å². The lowest BCUT2D eigenvalue weighted by Crippen LogP contribution is -2.07. The van der Waals surface area contributed by atoms with E-state index < -0.39 is 0 Å². The molecule has 0 spiro atoms. The first kappa shape index (κ1) is 5.76. The van der Waals surface area contributed by atoms with Gasteiger partial charge in [0.25, 0.3) is 0 Å². The third-order valence-corrected chi connectivity index (χ3v) is 1.03. The van der Waals surface area contributed by atoms with E-state index in [2.05, 4.69) is 25.9 Å². The molecule has 4 heteroatoms. The van der Waals surface area contributed by atoms with Crippen molar-refractivity contribution in [1.82, 2.24) is 9.97 Å². The smallest absolute Gasteiger partial charge is 0.195 e. The molecule has 2 nitrogen and oxygen atoms in total. The molecule has 1 aromatic heterocycles. The second kappa shape index (κ2) is 2.26. The molecule has 0 bridgehead atoms. The van der Waals surface area contributed by atoms with Crippen LogP contribution in [-0.2, 0) is 0 Å². The van der Waals surface area contributed by atoms with E-state index in [1.807, 2.05) is 0 Å². The van der Waals surface area contributed by atoms with Crippen LogP contribution in [0.3, 0.4) is 0 Å². The Morgan fingerprint density at radius 3 is 2.75 bits per heavy atom. The highest BCUT2D eigenvalue weighted by atomic mass is 79.9. The quantitative estimate of drug-likeness (QED) is 0.404. The van der Waals surface area contributed by atoms with Crippen LogP contribution in [0, 0.1) is 0 Å². The summed E-state index contributed by atoms with van der Waals surface area (Å²) in [6.07, 6.45) is 1.59. The van der Waals surface area contributed by atoms with Gasteiger partial charge in [-0.3, -0.25) is 0 Å². The minimum Gasteiger partial charge on any atom is -0.239 e. The summed E-state index contributed by atoms with van der Waals surface area (Å²) in [5.74, 6) is 0. The first-order chi connectivity index (χ1) is 3.79. The Balaban J connectivity index is 3.08. The number of nitrogens with zero attached hydrogens (tertiary/aromatic N) is 2. The number of hydrogen-bond acceptors (Lipinski definition) is 2. The lowest BCUT2D eigenvalue weighted by molar-refractivity contribution is 1.14. The Hall–Kier alpha value is -0.375. The summed E-state index contributed by atoms with van der Waals surface area (Å²) in [5.41, 5.74) is 0.479. The maximum atomic E-state index is 5.28. The van der Waals surface area contributed by atoms with Gasteiger partial charge in [0.2, 0.25) is 0 Å². The van der Waals surface area contributed by atoms with Crippen LogP contribution in [0.1, 0.15) is 0 Å². The maximum absolute atomic E-state index is 5.28. The van der Waals surface area contributed by atoms with Crippen molar-refractivity contribution in [1.29, 1.82) is 0 Å². The summed E-state index contributed by atoms with van der Waals surface area (Å²) in [5, 5.41) is 0. The summed E-state index contributed by atoms with van der Waals surface area (Å²) in [6.45, 7) is 0. The van der Waals surface area contributed by atoms with Crippen LogP contribution in [0.15, 0.2) is 17.0 Å². The summed E-state index contributed by atoms with van der Waals surface area (Å²) in [6, 6.07) is 1.63. The molecule has 0 aliphatic rings. The summed E-state index contributed by atoms with van der Waals surface area (Å²) in [4.78, 5) is 7.52. The minimum absolute atomic E-state index is 0.479. The zero-order valence-corrected chi connectivity index (χ0v) is 5.59. The fourth-order valence-corrected chi connectivity index (χ4v) is 0.671. The molecule has 0 atom stereocenters. The van der Waals surface area contributed by atoms with E-state index >= 15 is 0 Å². The van der Waals surface area contributed by atoms with Crippen molar-refractivity contribution in [3.8, 4) is 0 Å². The topological polar surface area (TPSA) is 25.8 Å². The maximum Gasteiger partial charge on any atom is 0.195 e. The van der Waals surface area contributed by atoms with Crippen LogP contribution in [-0.4, -0.2) is 17.8 Å². The Kier molecular flexibility index (Phi) is 1.63. The van der Waals surface area contributed by atoms with Crippen molar-refractivity contribution in [2.45, 2.75) is 0 Å². The molecule has 1 rings (SSSR count). The zero-order chi connectivity index (χ0) is 5.98. The van der Waals surface area contributed by atoms with E-state index in [9.17, 15) is 0 Å². The van der Waals surface area contributed by atoms with Crippen molar-refractivity contribution in [3.63, 3.8) is 0 Å². The molecule has 0 aromatic carbocycles. The molecule has 0 fully saturated rings. The first-order valence-corrected chi connectivity index (χ1v) is 2.82. The van der Waals surface area contributed by atoms with Gasteiger partial charge in [0, 0.05) is 6.20 Å². The van der Waals surface area contributed by atoms with Crippen LogP contribution in [0.2, 0.25) is 0 Å². The standard InChI is InChI=1S/C4H2BBrN2/c5-3-1-2-7-4(6)8-3/h1-2H. The molecular formula is C4H2BBrN2. The molecule has 0 N–H and O–H groups in total. The molecule has 0 unspecified atom stereocenters. The molecule has 0 saturated heterocycles. The van der Waals surface area contributed by atoms with Gasteiger partial charge in [0.05, 0.1) is 0 Å². The van der Waals surface area contributed by atoms with Gasteiger partial charge in [-0.25, -0.2) is 9.97 Å². The lowest BCUT2D eigenvalue weighted by Gasteiger charge is -1.88. The highest BCUT2D eigenvalue weighted by Gasteiger charge is 1.85. The second-order valence-electron chi connectivity index (χ2n) is 1.25. The molecule has 0 aliphatic carbocycles. The average molecular weight is 169 g/mol. The van der Waals surface area contributed by atoms with Crippen LogP contribution >= 0.6 is 15.9 Å². The Morgan fingerprint density at radius 1 is 1.62 bits per heavy atom. The van der Waals surface area contributed by atoms with Crippen LogP contribution < -0.4 is 5.59 Å².